The van der Waals surface area contributed by atoms with E-state index in [1.165, 1.54) is 11.0 Å². The number of fused-ring (bicyclic) bond motifs is 1. The zero-order valence-electron chi connectivity index (χ0n) is 16.2. The molecule has 6 nitrogen and oxygen atoms in total. The van der Waals surface area contributed by atoms with Crippen LogP contribution in [0.3, 0.4) is 0 Å². The topological polar surface area (TPSA) is 77.0 Å². The molecule has 12 heteroatoms. The molecule has 1 amide bonds. The molecule has 0 spiro atoms. The largest absolute Gasteiger partial charge is 0.451 e. The molecule has 1 aliphatic rings. The molecule has 2 N–H and O–H groups in total. The number of amides is 1. The highest BCUT2D eigenvalue weighted by atomic mass is 19.4. The van der Waals surface area contributed by atoms with Crippen LogP contribution in [0, 0.1) is 23.4 Å². The summed E-state index contributed by atoms with van der Waals surface area (Å²) in [5.41, 5.74) is 5.90. The minimum Gasteiger partial charge on any atom is -0.333 e. The SMILES string of the molecule is C=CCC(C(=O)N1CCn2c(nnc2C(F)(F)F)C1)[C@H](N)Cc1cc(F)c(F)cc1F. The molecular weight excluding hydrogens is 428 g/mol. The first-order valence-electron chi connectivity index (χ1n) is 9.30. The first-order chi connectivity index (χ1) is 14.5. The summed E-state index contributed by atoms with van der Waals surface area (Å²) in [5.74, 6) is -6.13. The van der Waals surface area contributed by atoms with E-state index in [0.717, 1.165) is 4.57 Å². The Morgan fingerprint density at radius 1 is 1.16 bits per heavy atom. The summed E-state index contributed by atoms with van der Waals surface area (Å²) in [7, 11) is 0. The number of nitrogens with two attached hydrogens (primary N) is 1. The molecule has 0 saturated carbocycles. The molecular formula is C19H19F6N5O. The van der Waals surface area contributed by atoms with E-state index in [9.17, 15) is 31.1 Å². The number of alkyl halides is 3. The first kappa shape index (κ1) is 22.8. The van der Waals surface area contributed by atoms with Crippen molar-refractivity contribution in [1.82, 2.24) is 19.7 Å². The van der Waals surface area contributed by atoms with Crippen LogP contribution in [0.5, 0.6) is 0 Å². The lowest BCUT2D eigenvalue weighted by atomic mass is 9.89. The van der Waals surface area contributed by atoms with E-state index in [1.807, 2.05) is 0 Å². The first-order valence-corrected chi connectivity index (χ1v) is 9.30. The highest BCUT2D eigenvalue weighted by molar-refractivity contribution is 5.80. The number of hydrogen-bond acceptors (Lipinski definition) is 4. The van der Waals surface area contributed by atoms with E-state index in [4.69, 9.17) is 5.73 Å². The quantitative estimate of drug-likeness (QED) is 0.420. The van der Waals surface area contributed by atoms with Gasteiger partial charge in [-0.25, -0.2) is 13.2 Å². The molecule has 0 radical (unpaired) electrons. The van der Waals surface area contributed by atoms with Gasteiger partial charge in [-0.05, 0) is 24.5 Å². The molecule has 2 aromatic rings. The third-order valence-corrected chi connectivity index (χ3v) is 5.12. The molecule has 31 heavy (non-hydrogen) atoms. The molecule has 0 fully saturated rings. The number of allylic oxidation sites excluding steroid dienone is 1. The normalized spacial score (nSPS) is 16.0. The second-order valence-electron chi connectivity index (χ2n) is 7.21. The second-order valence-corrected chi connectivity index (χ2v) is 7.21. The van der Waals surface area contributed by atoms with E-state index in [1.54, 1.807) is 0 Å². The van der Waals surface area contributed by atoms with Crippen LogP contribution >= 0.6 is 0 Å². The molecule has 0 aliphatic carbocycles. The fourth-order valence-electron chi connectivity index (χ4n) is 3.54. The lowest BCUT2D eigenvalue weighted by Crippen LogP contribution is -2.47. The average molecular weight is 447 g/mol. The molecule has 168 valence electrons. The van der Waals surface area contributed by atoms with E-state index >= 15 is 0 Å². The van der Waals surface area contributed by atoms with Crippen molar-refractivity contribution in [2.45, 2.75) is 38.1 Å². The Morgan fingerprint density at radius 2 is 1.84 bits per heavy atom. The summed E-state index contributed by atoms with van der Waals surface area (Å²) in [5, 5.41) is 6.69. The van der Waals surface area contributed by atoms with Crippen LogP contribution in [0.1, 0.15) is 23.6 Å². The van der Waals surface area contributed by atoms with Gasteiger partial charge in [0.25, 0.3) is 0 Å². The fourth-order valence-corrected chi connectivity index (χ4v) is 3.54. The van der Waals surface area contributed by atoms with Gasteiger partial charge < -0.3 is 15.2 Å². The maximum absolute atomic E-state index is 14.0. The minimum absolute atomic E-state index is 0.0236. The molecule has 1 aliphatic heterocycles. The maximum atomic E-state index is 14.0. The van der Waals surface area contributed by atoms with Crippen LogP contribution in [0.25, 0.3) is 0 Å². The number of carbonyl (C=O) groups excluding carboxylic acids is 1. The zero-order valence-corrected chi connectivity index (χ0v) is 16.2. The molecule has 2 heterocycles. The van der Waals surface area contributed by atoms with Gasteiger partial charge in [-0.3, -0.25) is 4.79 Å². The second kappa shape index (κ2) is 8.69. The fraction of sp³-hybridized carbons (Fsp3) is 0.421. The number of halogens is 6. The molecule has 0 bridgehead atoms. The summed E-state index contributed by atoms with van der Waals surface area (Å²) in [6.07, 6.45) is -3.39. The highest BCUT2D eigenvalue weighted by Crippen LogP contribution is 2.30. The maximum Gasteiger partial charge on any atom is 0.451 e. The van der Waals surface area contributed by atoms with Crippen molar-refractivity contribution in [1.29, 1.82) is 0 Å². The number of aromatic nitrogens is 3. The number of carbonyl (C=O) groups is 1. The minimum atomic E-state index is -4.67. The van der Waals surface area contributed by atoms with Crippen molar-refractivity contribution < 1.29 is 31.1 Å². The number of nitrogens with zero attached hydrogens (tertiary/aromatic N) is 4. The monoisotopic (exact) mass is 447 g/mol. The van der Waals surface area contributed by atoms with Crippen LogP contribution in [0.15, 0.2) is 24.8 Å². The summed E-state index contributed by atoms with van der Waals surface area (Å²) in [6.45, 7) is 3.17. The van der Waals surface area contributed by atoms with Crippen molar-refractivity contribution in [2.24, 2.45) is 11.7 Å². The van der Waals surface area contributed by atoms with Crippen molar-refractivity contribution in [2.75, 3.05) is 6.54 Å². The lowest BCUT2D eigenvalue weighted by molar-refractivity contribution is -0.148. The summed E-state index contributed by atoms with van der Waals surface area (Å²) >= 11 is 0. The average Bonchev–Trinajstić information content (AvgIpc) is 3.13. The van der Waals surface area contributed by atoms with Crippen LogP contribution in [0.2, 0.25) is 0 Å². The Bertz CT molecular complexity index is 989. The van der Waals surface area contributed by atoms with E-state index < -0.39 is 47.3 Å². The Balaban J connectivity index is 1.77. The molecule has 0 saturated heterocycles. The Morgan fingerprint density at radius 3 is 2.48 bits per heavy atom. The molecule has 3 rings (SSSR count). The summed E-state index contributed by atoms with van der Waals surface area (Å²) in [6, 6.07) is 0.106. The molecule has 1 aromatic carbocycles. The van der Waals surface area contributed by atoms with Crippen LogP contribution in [-0.4, -0.2) is 38.2 Å². The van der Waals surface area contributed by atoms with Crippen LogP contribution < -0.4 is 5.73 Å². The van der Waals surface area contributed by atoms with Crippen molar-refractivity contribution >= 4 is 5.91 Å². The van der Waals surface area contributed by atoms with Gasteiger partial charge in [-0.1, -0.05) is 6.08 Å². The Kier molecular flexibility index (Phi) is 6.39. The third-order valence-electron chi connectivity index (χ3n) is 5.12. The predicted octanol–water partition coefficient (Wildman–Crippen LogP) is 2.82. The van der Waals surface area contributed by atoms with Gasteiger partial charge in [-0.15, -0.1) is 16.8 Å². The smallest absolute Gasteiger partial charge is 0.333 e. The van der Waals surface area contributed by atoms with Crippen molar-refractivity contribution in [3.63, 3.8) is 0 Å². The Hall–Kier alpha value is -2.89. The van der Waals surface area contributed by atoms with Crippen molar-refractivity contribution in [3.05, 3.63) is 59.5 Å². The van der Waals surface area contributed by atoms with Gasteiger partial charge in [-0.2, -0.15) is 13.2 Å². The van der Waals surface area contributed by atoms with Gasteiger partial charge >= 0.3 is 6.18 Å². The predicted molar refractivity (Wildman–Crippen MR) is 96.7 cm³/mol. The zero-order chi connectivity index (χ0) is 22.9. The number of benzene rings is 1. The number of hydrogen-bond donors (Lipinski definition) is 1. The van der Waals surface area contributed by atoms with E-state index in [2.05, 4.69) is 16.8 Å². The van der Waals surface area contributed by atoms with Gasteiger partial charge in [0.1, 0.15) is 5.82 Å². The van der Waals surface area contributed by atoms with Crippen LogP contribution in [-0.2, 0) is 30.5 Å². The molecule has 2 atom stereocenters. The van der Waals surface area contributed by atoms with Crippen molar-refractivity contribution in [3.8, 4) is 0 Å². The van der Waals surface area contributed by atoms with Gasteiger partial charge in [0.2, 0.25) is 11.7 Å². The van der Waals surface area contributed by atoms with Gasteiger partial charge in [0, 0.05) is 25.2 Å². The van der Waals surface area contributed by atoms with Gasteiger partial charge in [0.15, 0.2) is 17.5 Å². The summed E-state index contributed by atoms with van der Waals surface area (Å²) < 4.78 is 80.4. The third kappa shape index (κ3) is 4.73. The van der Waals surface area contributed by atoms with Gasteiger partial charge in [0.05, 0.1) is 12.5 Å². The highest BCUT2D eigenvalue weighted by Gasteiger charge is 2.40. The van der Waals surface area contributed by atoms with Crippen LogP contribution in [0.4, 0.5) is 26.3 Å². The Labute approximate surface area is 173 Å². The standard InChI is InChI=1S/C19H19F6N5O/c1-2-3-11(15(26)7-10-6-13(21)14(22)8-12(10)20)17(31)29-4-5-30-16(9-29)27-28-18(30)19(23,24)25/h2,6,8,11,15H,1,3-5,7,9,26H2/t11?,15-/m1/s1. The number of rotatable bonds is 6. The summed E-state index contributed by atoms with van der Waals surface area (Å²) in [4.78, 5) is 14.3. The van der Waals surface area contributed by atoms with E-state index in [0.29, 0.717) is 12.1 Å². The molecule has 1 aromatic heterocycles. The van der Waals surface area contributed by atoms with E-state index in [-0.39, 0.29) is 43.9 Å². The lowest BCUT2D eigenvalue weighted by Gasteiger charge is -2.33. The molecule has 1 unspecified atom stereocenters.